The highest BCUT2D eigenvalue weighted by Gasteiger charge is 1.93. The standard InChI is InChI=1S/C6H10O4/c1-9-6(2-3-7)4-10-5-8/h2,5,7H,3-4H2,1H3/b6-2-. The first-order chi connectivity index (χ1) is 4.85. The third kappa shape index (κ3) is 3.91. The number of aliphatic hydroxyl groups is 1. The maximum absolute atomic E-state index is 9.66. The average molecular weight is 146 g/mol. The van der Waals surface area contributed by atoms with Crippen molar-refractivity contribution in [1.82, 2.24) is 0 Å². The van der Waals surface area contributed by atoms with Crippen molar-refractivity contribution in [1.29, 1.82) is 0 Å². The molecule has 0 rings (SSSR count). The first-order valence-electron chi connectivity index (χ1n) is 2.74. The van der Waals surface area contributed by atoms with Gasteiger partial charge in [0.1, 0.15) is 12.4 Å². The molecule has 0 amide bonds. The van der Waals surface area contributed by atoms with Gasteiger partial charge in [0.25, 0.3) is 6.47 Å². The Bertz CT molecular complexity index is 119. The van der Waals surface area contributed by atoms with Gasteiger partial charge >= 0.3 is 0 Å². The van der Waals surface area contributed by atoms with Crippen molar-refractivity contribution in [2.45, 2.75) is 0 Å². The molecule has 4 nitrogen and oxygen atoms in total. The minimum atomic E-state index is -0.120. The zero-order valence-electron chi connectivity index (χ0n) is 5.74. The predicted octanol–water partition coefficient (Wildman–Crippen LogP) is -0.318. The van der Waals surface area contributed by atoms with Crippen LogP contribution in [0.2, 0.25) is 0 Å². The molecule has 0 aromatic carbocycles. The molecular formula is C6H10O4. The molecule has 0 radical (unpaired) electrons. The zero-order chi connectivity index (χ0) is 7.82. The molecule has 0 aliphatic heterocycles. The molecule has 0 spiro atoms. The quantitative estimate of drug-likeness (QED) is 0.426. The number of ether oxygens (including phenoxy) is 2. The summed E-state index contributed by atoms with van der Waals surface area (Å²) in [5, 5.41) is 8.37. The van der Waals surface area contributed by atoms with Gasteiger partial charge in [0, 0.05) is 0 Å². The van der Waals surface area contributed by atoms with Gasteiger partial charge in [0.2, 0.25) is 0 Å². The summed E-state index contributed by atoms with van der Waals surface area (Å²) in [5.74, 6) is 0.439. The van der Waals surface area contributed by atoms with E-state index in [1.54, 1.807) is 0 Å². The van der Waals surface area contributed by atoms with Crippen molar-refractivity contribution in [2.24, 2.45) is 0 Å². The van der Waals surface area contributed by atoms with Crippen molar-refractivity contribution >= 4 is 6.47 Å². The summed E-state index contributed by atoms with van der Waals surface area (Å²) in [6.07, 6.45) is 1.42. The zero-order valence-corrected chi connectivity index (χ0v) is 5.74. The summed E-state index contributed by atoms with van der Waals surface area (Å²) in [5.41, 5.74) is 0. The Kier molecular flexibility index (Phi) is 5.47. The van der Waals surface area contributed by atoms with Gasteiger partial charge in [-0.2, -0.15) is 0 Å². The van der Waals surface area contributed by atoms with Crippen molar-refractivity contribution in [3.63, 3.8) is 0 Å². The lowest BCUT2D eigenvalue weighted by Gasteiger charge is -2.02. The Labute approximate surface area is 59.1 Å². The number of aliphatic hydroxyl groups excluding tert-OH is 1. The second-order valence-corrected chi connectivity index (χ2v) is 1.46. The van der Waals surface area contributed by atoms with Gasteiger partial charge in [-0.3, -0.25) is 4.79 Å². The number of methoxy groups -OCH3 is 1. The van der Waals surface area contributed by atoms with E-state index in [0.717, 1.165) is 0 Å². The van der Waals surface area contributed by atoms with Crippen molar-refractivity contribution in [2.75, 3.05) is 20.3 Å². The molecule has 0 atom stereocenters. The second kappa shape index (κ2) is 6.10. The Morgan fingerprint density at radius 2 is 2.40 bits per heavy atom. The van der Waals surface area contributed by atoms with Crippen molar-refractivity contribution in [3.8, 4) is 0 Å². The van der Waals surface area contributed by atoms with Gasteiger partial charge in [-0.1, -0.05) is 0 Å². The van der Waals surface area contributed by atoms with Crippen LogP contribution in [-0.2, 0) is 14.3 Å². The first-order valence-corrected chi connectivity index (χ1v) is 2.74. The highest BCUT2D eigenvalue weighted by atomic mass is 16.5. The van der Waals surface area contributed by atoms with Crippen LogP contribution < -0.4 is 0 Å². The van der Waals surface area contributed by atoms with E-state index in [-0.39, 0.29) is 13.2 Å². The topological polar surface area (TPSA) is 55.8 Å². The number of rotatable bonds is 5. The summed E-state index contributed by atoms with van der Waals surface area (Å²) in [6, 6.07) is 0. The van der Waals surface area contributed by atoms with E-state index >= 15 is 0 Å². The molecule has 0 aliphatic rings. The van der Waals surface area contributed by atoms with Crippen LogP contribution in [-0.4, -0.2) is 31.9 Å². The summed E-state index contributed by atoms with van der Waals surface area (Å²) in [6.45, 7) is 0.274. The highest BCUT2D eigenvalue weighted by molar-refractivity contribution is 5.37. The number of hydrogen-bond acceptors (Lipinski definition) is 4. The Balaban J connectivity index is 3.59. The first kappa shape index (κ1) is 8.97. The largest absolute Gasteiger partial charge is 0.498 e. The number of carbonyl (C=O) groups is 1. The summed E-state index contributed by atoms with van der Waals surface area (Å²) in [7, 11) is 1.44. The van der Waals surface area contributed by atoms with E-state index < -0.39 is 0 Å². The fourth-order valence-corrected chi connectivity index (χ4v) is 0.419. The molecule has 0 aromatic rings. The molecule has 0 aromatic heterocycles. The monoisotopic (exact) mass is 146 g/mol. The molecule has 4 heteroatoms. The Morgan fingerprint density at radius 1 is 1.70 bits per heavy atom. The van der Waals surface area contributed by atoms with E-state index in [1.165, 1.54) is 13.2 Å². The summed E-state index contributed by atoms with van der Waals surface area (Å²) >= 11 is 0. The lowest BCUT2D eigenvalue weighted by molar-refractivity contribution is -0.128. The van der Waals surface area contributed by atoms with E-state index in [0.29, 0.717) is 12.2 Å². The molecule has 0 bridgehead atoms. The minimum absolute atomic E-state index is 0.0700. The van der Waals surface area contributed by atoms with Crippen LogP contribution in [0.4, 0.5) is 0 Å². The lowest BCUT2D eigenvalue weighted by Crippen LogP contribution is -1.99. The minimum Gasteiger partial charge on any atom is -0.498 e. The normalized spacial score (nSPS) is 10.8. The SMILES string of the molecule is CO/C(=C\CO)COC=O. The predicted molar refractivity (Wildman–Crippen MR) is 34.2 cm³/mol. The van der Waals surface area contributed by atoms with Crippen LogP contribution in [0, 0.1) is 0 Å². The van der Waals surface area contributed by atoms with Crippen LogP contribution in [0.15, 0.2) is 11.8 Å². The van der Waals surface area contributed by atoms with E-state index in [1.807, 2.05) is 0 Å². The van der Waals surface area contributed by atoms with Crippen molar-refractivity contribution in [3.05, 3.63) is 11.8 Å². The number of hydrogen-bond donors (Lipinski definition) is 1. The molecule has 0 saturated heterocycles. The van der Waals surface area contributed by atoms with Gasteiger partial charge in [-0.05, 0) is 6.08 Å². The molecular weight excluding hydrogens is 136 g/mol. The van der Waals surface area contributed by atoms with E-state index in [2.05, 4.69) is 4.74 Å². The van der Waals surface area contributed by atoms with E-state index in [4.69, 9.17) is 9.84 Å². The Hall–Kier alpha value is -1.03. The van der Waals surface area contributed by atoms with Gasteiger partial charge in [-0.25, -0.2) is 0 Å². The van der Waals surface area contributed by atoms with Crippen molar-refractivity contribution < 1.29 is 19.4 Å². The maximum atomic E-state index is 9.66. The van der Waals surface area contributed by atoms with Crippen LogP contribution in [0.1, 0.15) is 0 Å². The third-order valence-corrected chi connectivity index (χ3v) is 0.875. The molecule has 1 N–H and O–H groups in total. The van der Waals surface area contributed by atoms with E-state index in [9.17, 15) is 4.79 Å². The molecule has 0 unspecified atom stereocenters. The third-order valence-electron chi connectivity index (χ3n) is 0.875. The smallest absolute Gasteiger partial charge is 0.293 e. The second-order valence-electron chi connectivity index (χ2n) is 1.46. The Morgan fingerprint density at radius 3 is 2.80 bits per heavy atom. The van der Waals surface area contributed by atoms with Crippen LogP contribution >= 0.6 is 0 Å². The molecule has 0 fully saturated rings. The van der Waals surface area contributed by atoms with Gasteiger partial charge in [-0.15, -0.1) is 0 Å². The molecule has 10 heavy (non-hydrogen) atoms. The fraction of sp³-hybridized carbons (Fsp3) is 0.500. The molecule has 0 saturated carbocycles. The van der Waals surface area contributed by atoms with Crippen LogP contribution in [0.5, 0.6) is 0 Å². The lowest BCUT2D eigenvalue weighted by atomic mass is 10.5. The van der Waals surface area contributed by atoms with Gasteiger partial charge in [0.15, 0.2) is 0 Å². The molecule has 58 valence electrons. The molecule has 0 aliphatic carbocycles. The molecule has 0 heterocycles. The van der Waals surface area contributed by atoms with Gasteiger partial charge < -0.3 is 14.6 Å². The maximum Gasteiger partial charge on any atom is 0.293 e. The highest BCUT2D eigenvalue weighted by Crippen LogP contribution is 1.93. The number of carbonyl (C=O) groups excluding carboxylic acids is 1. The average Bonchev–Trinajstić information content (AvgIpc) is 1.98. The fourth-order valence-electron chi connectivity index (χ4n) is 0.419. The van der Waals surface area contributed by atoms with Gasteiger partial charge in [0.05, 0.1) is 13.7 Å². The van der Waals surface area contributed by atoms with Crippen LogP contribution in [0.3, 0.4) is 0 Å². The summed E-state index contributed by atoms with van der Waals surface area (Å²) < 4.78 is 9.06. The van der Waals surface area contributed by atoms with Crippen LogP contribution in [0.25, 0.3) is 0 Å². The summed E-state index contributed by atoms with van der Waals surface area (Å²) in [4.78, 5) is 9.66.